The molecule has 0 aromatic carbocycles. The predicted molar refractivity (Wildman–Crippen MR) is 44.1 cm³/mol. The largest absolute Gasteiger partial charge is 0.392 e. The minimum absolute atomic E-state index is 0.215. The Labute approximate surface area is 67.8 Å². The summed E-state index contributed by atoms with van der Waals surface area (Å²) in [5, 5.41) is 9.50. The molecular weight excluding hydrogens is 138 g/mol. The van der Waals surface area contributed by atoms with Crippen molar-refractivity contribution in [3.8, 4) is 0 Å². The highest BCUT2D eigenvalue weighted by Crippen LogP contribution is 2.63. The Morgan fingerprint density at radius 1 is 1.45 bits per heavy atom. The Hall–Kier alpha value is -0.0800. The van der Waals surface area contributed by atoms with Crippen LogP contribution in [0.15, 0.2) is 0 Å². The van der Waals surface area contributed by atoms with E-state index in [1.54, 1.807) is 0 Å². The van der Waals surface area contributed by atoms with Crippen LogP contribution in [0.4, 0.5) is 0 Å². The molecule has 3 N–H and O–H groups in total. The minimum atomic E-state index is -0.215. The molecule has 0 aromatic heterocycles. The van der Waals surface area contributed by atoms with Crippen molar-refractivity contribution in [3.63, 3.8) is 0 Å². The first-order valence-corrected chi connectivity index (χ1v) is 4.67. The van der Waals surface area contributed by atoms with Crippen LogP contribution in [0.1, 0.15) is 32.1 Å². The van der Waals surface area contributed by atoms with E-state index in [0.717, 1.165) is 0 Å². The molecule has 0 amide bonds. The highest BCUT2D eigenvalue weighted by molar-refractivity contribution is 5.07. The van der Waals surface area contributed by atoms with Crippen LogP contribution in [-0.2, 0) is 0 Å². The van der Waals surface area contributed by atoms with Crippen molar-refractivity contribution in [2.45, 2.75) is 38.2 Å². The predicted octanol–water partition coefficient (Wildman–Crippen LogP) is 0.886. The van der Waals surface area contributed by atoms with Gasteiger partial charge < -0.3 is 10.8 Å². The second-order valence-corrected chi connectivity index (χ2v) is 4.18. The number of hydrogen-bond acceptors (Lipinski definition) is 2. The first-order chi connectivity index (χ1) is 5.28. The summed E-state index contributed by atoms with van der Waals surface area (Å²) < 4.78 is 0. The van der Waals surface area contributed by atoms with Crippen molar-refractivity contribution in [2.24, 2.45) is 17.1 Å². The number of aliphatic hydroxyl groups excluding tert-OH is 1. The van der Waals surface area contributed by atoms with Gasteiger partial charge in [-0.2, -0.15) is 0 Å². The van der Waals surface area contributed by atoms with Crippen molar-refractivity contribution >= 4 is 0 Å². The molecule has 2 nitrogen and oxygen atoms in total. The van der Waals surface area contributed by atoms with Gasteiger partial charge in [0, 0.05) is 6.54 Å². The smallest absolute Gasteiger partial charge is 0.0696 e. The molecule has 2 aliphatic carbocycles. The van der Waals surface area contributed by atoms with Crippen LogP contribution < -0.4 is 5.73 Å². The fraction of sp³-hybridized carbons (Fsp3) is 1.00. The van der Waals surface area contributed by atoms with Crippen molar-refractivity contribution in [1.82, 2.24) is 0 Å². The molecular formula is C9H17NO. The van der Waals surface area contributed by atoms with Gasteiger partial charge in [-0.1, -0.05) is 12.8 Å². The van der Waals surface area contributed by atoms with Gasteiger partial charge in [-0.3, -0.25) is 0 Å². The SMILES string of the molecule is NCC(O)C1CC12CCCC2. The van der Waals surface area contributed by atoms with Gasteiger partial charge in [0.1, 0.15) is 0 Å². The van der Waals surface area contributed by atoms with E-state index in [1.807, 2.05) is 0 Å². The molecule has 2 fully saturated rings. The Bertz CT molecular complexity index is 152. The second kappa shape index (κ2) is 2.46. The summed E-state index contributed by atoms with van der Waals surface area (Å²) in [7, 11) is 0. The fourth-order valence-corrected chi connectivity index (χ4v) is 2.74. The third kappa shape index (κ3) is 1.09. The molecule has 2 rings (SSSR count). The van der Waals surface area contributed by atoms with E-state index in [4.69, 9.17) is 5.73 Å². The zero-order valence-corrected chi connectivity index (χ0v) is 6.92. The maximum absolute atomic E-state index is 9.50. The van der Waals surface area contributed by atoms with Crippen LogP contribution in [0, 0.1) is 11.3 Å². The summed E-state index contributed by atoms with van der Waals surface area (Å²) in [6.45, 7) is 0.451. The van der Waals surface area contributed by atoms with E-state index >= 15 is 0 Å². The van der Waals surface area contributed by atoms with Gasteiger partial charge in [0.15, 0.2) is 0 Å². The quantitative estimate of drug-likeness (QED) is 0.622. The minimum Gasteiger partial charge on any atom is -0.392 e. The maximum Gasteiger partial charge on any atom is 0.0696 e. The number of hydrogen-bond donors (Lipinski definition) is 2. The van der Waals surface area contributed by atoms with Crippen LogP contribution in [0.3, 0.4) is 0 Å². The van der Waals surface area contributed by atoms with E-state index in [2.05, 4.69) is 0 Å². The van der Waals surface area contributed by atoms with Gasteiger partial charge in [0.25, 0.3) is 0 Å². The molecule has 0 saturated heterocycles. The molecule has 2 heteroatoms. The van der Waals surface area contributed by atoms with Gasteiger partial charge in [-0.25, -0.2) is 0 Å². The lowest BCUT2D eigenvalue weighted by atomic mass is 9.99. The summed E-state index contributed by atoms with van der Waals surface area (Å²) in [6.07, 6.45) is 6.45. The van der Waals surface area contributed by atoms with E-state index in [1.165, 1.54) is 32.1 Å². The van der Waals surface area contributed by atoms with Gasteiger partial charge >= 0.3 is 0 Å². The van der Waals surface area contributed by atoms with Crippen LogP contribution in [-0.4, -0.2) is 17.8 Å². The lowest BCUT2D eigenvalue weighted by Gasteiger charge is -2.11. The van der Waals surface area contributed by atoms with Gasteiger partial charge in [0.05, 0.1) is 6.10 Å². The van der Waals surface area contributed by atoms with Gasteiger partial charge in [0.2, 0.25) is 0 Å². The summed E-state index contributed by atoms with van der Waals surface area (Å²) in [5.74, 6) is 0.551. The molecule has 2 saturated carbocycles. The van der Waals surface area contributed by atoms with Crippen LogP contribution in [0.25, 0.3) is 0 Å². The Kier molecular flexibility index (Phi) is 1.69. The van der Waals surface area contributed by atoms with Crippen LogP contribution in [0.2, 0.25) is 0 Å². The molecule has 2 unspecified atom stereocenters. The first kappa shape index (κ1) is 7.56. The molecule has 0 bridgehead atoms. The molecule has 0 aromatic rings. The number of rotatable bonds is 2. The molecule has 0 heterocycles. The molecule has 64 valence electrons. The summed E-state index contributed by atoms with van der Waals surface area (Å²) in [6, 6.07) is 0. The highest BCUT2D eigenvalue weighted by Gasteiger charge is 2.57. The van der Waals surface area contributed by atoms with E-state index in [0.29, 0.717) is 17.9 Å². The lowest BCUT2D eigenvalue weighted by Crippen LogP contribution is -2.24. The van der Waals surface area contributed by atoms with Crippen LogP contribution in [0.5, 0.6) is 0 Å². The molecule has 0 aliphatic heterocycles. The monoisotopic (exact) mass is 155 g/mol. The standard InChI is InChI=1S/C9H17NO/c10-6-8(11)7-5-9(7)3-1-2-4-9/h7-8,11H,1-6,10H2. The topological polar surface area (TPSA) is 46.2 Å². The zero-order chi connectivity index (χ0) is 7.90. The van der Waals surface area contributed by atoms with Crippen molar-refractivity contribution in [1.29, 1.82) is 0 Å². The summed E-state index contributed by atoms with van der Waals surface area (Å²) in [4.78, 5) is 0. The van der Waals surface area contributed by atoms with Crippen LogP contribution >= 0.6 is 0 Å². The highest BCUT2D eigenvalue weighted by atomic mass is 16.3. The fourth-order valence-electron chi connectivity index (χ4n) is 2.74. The maximum atomic E-state index is 9.50. The Morgan fingerprint density at radius 3 is 2.64 bits per heavy atom. The molecule has 2 atom stereocenters. The third-order valence-corrected chi connectivity index (χ3v) is 3.56. The first-order valence-electron chi connectivity index (χ1n) is 4.67. The third-order valence-electron chi connectivity index (χ3n) is 3.56. The van der Waals surface area contributed by atoms with Gasteiger partial charge in [-0.15, -0.1) is 0 Å². The normalized spacial score (nSPS) is 36.0. The van der Waals surface area contributed by atoms with Crippen molar-refractivity contribution < 1.29 is 5.11 Å². The van der Waals surface area contributed by atoms with Crippen molar-refractivity contribution in [3.05, 3.63) is 0 Å². The molecule has 11 heavy (non-hydrogen) atoms. The Morgan fingerprint density at radius 2 is 2.09 bits per heavy atom. The number of aliphatic hydroxyl groups is 1. The molecule has 0 radical (unpaired) electrons. The lowest BCUT2D eigenvalue weighted by molar-refractivity contribution is 0.140. The Balaban J connectivity index is 1.92. The van der Waals surface area contributed by atoms with Gasteiger partial charge in [-0.05, 0) is 30.6 Å². The average molecular weight is 155 g/mol. The second-order valence-electron chi connectivity index (χ2n) is 4.18. The zero-order valence-electron chi connectivity index (χ0n) is 6.92. The molecule has 2 aliphatic rings. The molecule has 1 spiro atoms. The van der Waals surface area contributed by atoms with Crippen molar-refractivity contribution in [2.75, 3.05) is 6.54 Å². The van der Waals surface area contributed by atoms with E-state index in [-0.39, 0.29) is 6.10 Å². The summed E-state index contributed by atoms with van der Waals surface area (Å²) in [5.41, 5.74) is 5.97. The van der Waals surface area contributed by atoms with E-state index < -0.39 is 0 Å². The average Bonchev–Trinajstić information content (AvgIpc) is 2.48. The summed E-state index contributed by atoms with van der Waals surface area (Å²) >= 11 is 0. The van der Waals surface area contributed by atoms with E-state index in [9.17, 15) is 5.11 Å². The number of nitrogens with two attached hydrogens (primary N) is 1.